The fraction of sp³-hybridized carbons (Fsp3) is 0.0909. The van der Waals surface area contributed by atoms with Crippen LogP contribution in [0.4, 0.5) is 5.69 Å². The smallest absolute Gasteiger partial charge is 0.0946 e. The molecule has 0 radical (unpaired) electrons. The first-order valence-electron chi connectivity index (χ1n) is 5.12. The zero-order valence-electron chi connectivity index (χ0n) is 8.87. The molecule has 2 aromatic heterocycles. The molecule has 17 heavy (non-hydrogen) atoms. The van der Waals surface area contributed by atoms with E-state index < -0.39 is 0 Å². The second kappa shape index (κ2) is 4.42. The Labute approximate surface area is 102 Å². The van der Waals surface area contributed by atoms with Crippen LogP contribution in [0.5, 0.6) is 0 Å². The minimum atomic E-state index is 0.669. The maximum Gasteiger partial charge on any atom is 0.0946 e. The molecular formula is C11H9N5S. The molecule has 5 nitrogen and oxygen atoms in total. The van der Waals surface area contributed by atoms with Crippen molar-refractivity contribution in [1.29, 1.82) is 0 Å². The van der Waals surface area contributed by atoms with Crippen LogP contribution >= 0.6 is 11.5 Å². The van der Waals surface area contributed by atoms with Gasteiger partial charge in [-0.05, 0) is 29.7 Å². The zero-order chi connectivity index (χ0) is 11.5. The van der Waals surface area contributed by atoms with Crippen LogP contribution in [0.15, 0.2) is 36.0 Å². The third-order valence-electron chi connectivity index (χ3n) is 2.35. The predicted molar refractivity (Wildman–Crippen MR) is 66.8 cm³/mol. The van der Waals surface area contributed by atoms with E-state index >= 15 is 0 Å². The van der Waals surface area contributed by atoms with E-state index in [-0.39, 0.29) is 0 Å². The van der Waals surface area contributed by atoms with E-state index in [4.69, 9.17) is 0 Å². The number of benzene rings is 1. The summed E-state index contributed by atoms with van der Waals surface area (Å²) in [7, 11) is 0. The molecule has 3 aromatic rings. The molecule has 1 aromatic carbocycles. The van der Waals surface area contributed by atoms with Gasteiger partial charge in [0, 0.05) is 23.5 Å². The normalized spacial score (nSPS) is 10.6. The minimum absolute atomic E-state index is 0.669. The Morgan fingerprint density at radius 2 is 2.00 bits per heavy atom. The highest BCUT2D eigenvalue weighted by Crippen LogP contribution is 2.15. The quantitative estimate of drug-likeness (QED) is 0.763. The number of anilines is 1. The van der Waals surface area contributed by atoms with Crippen LogP contribution < -0.4 is 5.32 Å². The predicted octanol–water partition coefficient (Wildman–Crippen LogP) is 2.09. The fourth-order valence-electron chi connectivity index (χ4n) is 1.53. The van der Waals surface area contributed by atoms with Crippen molar-refractivity contribution >= 4 is 28.3 Å². The van der Waals surface area contributed by atoms with E-state index in [0.29, 0.717) is 6.54 Å². The van der Waals surface area contributed by atoms with Crippen LogP contribution in [-0.4, -0.2) is 19.6 Å². The molecule has 2 heterocycles. The lowest BCUT2D eigenvalue weighted by atomic mass is 10.2. The van der Waals surface area contributed by atoms with Crippen molar-refractivity contribution in [3.05, 3.63) is 41.7 Å². The molecule has 84 valence electrons. The first-order chi connectivity index (χ1) is 8.42. The largest absolute Gasteiger partial charge is 0.379 e. The highest BCUT2D eigenvalue weighted by molar-refractivity contribution is 7.03. The van der Waals surface area contributed by atoms with Gasteiger partial charge in [-0.15, -0.1) is 5.10 Å². The van der Waals surface area contributed by atoms with Gasteiger partial charge in [-0.25, -0.2) is 0 Å². The summed E-state index contributed by atoms with van der Waals surface area (Å²) < 4.78 is 3.81. The van der Waals surface area contributed by atoms with Crippen LogP contribution in [0.25, 0.3) is 11.0 Å². The van der Waals surface area contributed by atoms with E-state index in [1.165, 1.54) is 11.5 Å². The van der Waals surface area contributed by atoms with Gasteiger partial charge in [-0.2, -0.15) is 0 Å². The van der Waals surface area contributed by atoms with Gasteiger partial charge in [0.15, 0.2) is 0 Å². The van der Waals surface area contributed by atoms with E-state index in [1.807, 2.05) is 23.6 Å². The van der Waals surface area contributed by atoms with Crippen molar-refractivity contribution in [2.75, 3.05) is 5.32 Å². The molecule has 6 heteroatoms. The first-order valence-corrected chi connectivity index (χ1v) is 5.96. The Morgan fingerprint density at radius 1 is 1.12 bits per heavy atom. The van der Waals surface area contributed by atoms with Crippen molar-refractivity contribution in [2.45, 2.75) is 6.54 Å². The van der Waals surface area contributed by atoms with Crippen LogP contribution in [-0.2, 0) is 6.54 Å². The van der Waals surface area contributed by atoms with Gasteiger partial charge in [0.05, 0.1) is 23.3 Å². The molecule has 0 saturated carbocycles. The summed E-state index contributed by atoms with van der Waals surface area (Å²) in [6.07, 6.45) is 3.38. The molecule has 0 aliphatic carbocycles. The number of hydrogen-bond donors (Lipinski definition) is 1. The molecule has 0 spiro atoms. The van der Waals surface area contributed by atoms with E-state index in [2.05, 4.69) is 24.9 Å². The monoisotopic (exact) mass is 243 g/mol. The summed E-state index contributed by atoms with van der Waals surface area (Å²) in [6.45, 7) is 0.669. The van der Waals surface area contributed by atoms with Gasteiger partial charge in [0.1, 0.15) is 0 Å². The molecule has 0 bridgehead atoms. The molecule has 0 aliphatic heterocycles. The fourth-order valence-corrected chi connectivity index (χ4v) is 1.98. The number of aromatic nitrogens is 4. The highest BCUT2D eigenvalue weighted by atomic mass is 32.1. The van der Waals surface area contributed by atoms with Crippen molar-refractivity contribution in [3.63, 3.8) is 0 Å². The maximum absolute atomic E-state index is 4.26. The summed E-state index contributed by atoms with van der Waals surface area (Å²) in [5, 5.41) is 9.17. The number of hydrogen-bond acceptors (Lipinski definition) is 6. The van der Waals surface area contributed by atoms with Crippen molar-refractivity contribution < 1.29 is 0 Å². The lowest BCUT2D eigenvalue weighted by Gasteiger charge is -2.04. The molecule has 0 saturated heterocycles. The van der Waals surface area contributed by atoms with Gasteiger partial charge >= 0.3 is 0 Å². The van der Waals surface area contributed by atoms with Crippen LogP contribution in [0.3, 0.4) is 0 Å². The highest BCUT2D eigenvalue weighted by Gasteiger charge is 1.99. The van der Waals surface area contributed by atoms with Crippen molar-refractivity contribution in [2.24, 2.45) is 0 Å². The van der Waals surface area contributed by atoms with Crippen molar-refractivity contribution in [1.82, 2.24) is 19.6 Å². The SMILES string of the molecule is c1cnc2cc(NCc3csnn3)ccc2n1. The number of nitrogens with one attached hydrogen (secondary N) is 1. The average Bonchev–Trinajstić information content (AvgIpc) is 2.89. The summed E-state index contributed by atoms with van der Waals surface area (Å²) in [5.41, 5.74) is 3.72. The Hall–Kier alpha value is -2.08. The zero-order valence-corrected chi connectivity index (χ0v) is 9.68. The Kier molecular flexibility index (Phi) is 2.63. The van der Waals surface area contributed by atoms with Gasteiger partial charge in [-0.3, -0.25) is 9.97 Å². The summed E-state index contributed by atoms with van der Waals surface area (Å²) >= 11 is 1.35. The number of nitrogens with zero attached hydrogens (tertiary/aromatic N) is 4. The standard InChI is InChI=1S/C11H9N5S/c1-2-10-11(13-4-3-12-10)5-8(1)14-6-9-7-17-16-15-9/h1-5,7,14H,6H2. The van der Waals surface area contributed by atoms with Gasteiger partial charge < -0.3 is 5.32 Å². The molecule has 0 unspecified atom stereocenters. The second-order valence-electron chi connectivity index (χ2n) is 3.51. The van der Waals surface area contributed by atoms with Gasteiger partial charge in [-0.1, -0.05) is 4.49 Å². The lowest BCUT2D eigenvalue weighted by molar-refractivity contribution is 0.999. The average molecular weight is 243 g/mol. The summed E-state index contributed by atoms with van der Waals surface area (Å²) in [4.78, 5) is 8.48. The van der Waals surface area contributed by atoms with Crippen LogP contribution in [0, 0.1) is 0 Å². The maximum atomic E-state index is 4.26. The Bertz CT molecular complexity index is 623. The third kappa shape index (κ3) is 2.21. The van der Waals surface area contributed by atoms with E-state index in [0.717, 1.165) is 22.4 Å². The van der Waals surface area contributed by atoms with Gasteiger partial charge in [0.25, 0.3) is 0 Å². The second-order valence-corrected chi connectivity index (χ2v) is 4.12. The molecule has 0 amide bonds. The van der Waals surface area contributed by atoms with Gasteiger partial charge in [0.2, 0.25) is 0 Å². The van der Waals surface area contributed by atoms with E-state index in [1.54, 1.807) is 12.4 Å². The van der Waals surface area contributed by atoms with E-state index in [9.17, 15) is 0 Å². The Morgan fingerprint density at radius 3 is 2.82 bits per heavy atom. The lowest BCUT2D eigenvalue weighted by Crippen LogP contribution is -1.99. The topological polar surface area (TPSA) is 63.6 Å². The number of fused-ring (bicyclic) bond motifs is 1. The van der Waals surface area contributed by atoms with Crippen LogP contribution in [0.2, 0.25) is 0 Å². The summed E-state index contributed by atoms with van der Waals surface area (Å²) in [6, 6.07) is 5.91. The molecular weight excluding hydrogens is 234 g/mol. The first kappa shape index (κ1) is 10.1. The molecule has 0 atom stereocenters. The molecule has 0 aliphatic rings. The Balaban J connectivity index is 1.81. The third-order valence-corrected chi connectivity index (χ3v) is 2.90. The van der Waals surface area contributed by atoms with Crippen molar-refractivity contribution in [3.8, 4) is 0 Å². The molecule has 1 N–H and O–H groups in total. The molecule has 0 fully saturated rings. The molecule has 3 rings (SSSR count). The minimum Gasteiger partial charge on any atom is -0.379 e. The number of rotatable bonds is 3. The summed E-state index contributed by atoms with van der Waals surface area (Å²) in [5.74, 6) is 0. The van der Waals surface area contributed by atoms with Crippen LogP contribution in [0.1, 0.15) is 5.69 Å².